The van der Waals surface area contributed by atoms with Crippen molar-refractivity contribution >= 4 is 17.7 Å². The first-order valence-corrected chi connectivity index (χ1v) is 13.6. The number of anilines is 1. The van der Waals surface area contributed by atoms with Gasteiger partial charge in [-0.25, -0.2) is 9.78 Å². The molecule has 0 spiro atoms. The number of benzene rings is 2. The van der Waals surface area contributed by atoms with Crippen LogP contribution in [0.2, 0.25) is 0 Å². The first-order valence-electron chi connectivity index (χ1n) is 13.6. The van der Waals surface area contributed by atoms with Gasteiger partial charge in [0.15, 0.2) is 0 Å². The highest BCUT2D eigenvalue weighted by Gasteiger charge is 2.16. The summed E-state index contributed by atoms with van der Waals surface area (Å²) >= 11 is 0. The van der Waals surface area contributed by atoms with Crippen LogP contribution in [0.25, 0.3) is 11.5 Å². The number of ether oxygens (including phenoxy) is 3. The zero-order chi connectivity index (χ0) is 28.5. The Bertz CT molecular complexity index is 1300. The van der Waals surface area contributed by atoms with Gasteiger partial charge >= 0.3 is 12.1 Å². The first-order chi connectivity index (χ1) is 19.3. The van der Waals surface area contributed by atoms with Crippen LogP contribution in [0, 0.1) is 6.92 Å². The lowest BCUT2D eigenvalue weighted by atomic mass is 10.0. The lowest BCUT2D eigenvalue weighted by Crippen LogP contribution is -2.36. The maximum absolute atomic E-state index is 12.0. The van der Waals surface area contributed by atoms with Gasteiger partial charge in [-0.05, 0) is 68.7 Å². The molecule has 1 aliphatic heterocycles. The Hall–Kier alpha value is -4.05. The van der Waals surface area contributed by atoms with E-state index in [9.17, 15) is 9.59 Å². The van der Waals surface area contributed by atoms with Gasteiger partial charge in [0, 0.05) is 43.7 Å². The number of aryl methyl sites for hydroxylation is 2. The molecule has 0 bridgehead atoms. The number of aliphatic carboxylic acids is 1. The normalized spacial score (nSPS) is 13.3. The van der Waals surface area contributed by atoms with Crippen molar-refractivity contribution in [3.05, 3.63) is 65.0 Å². The molecule has 4 rings (SSSR count). The van der Waals surface area contributed by atoms with E-state index >= 15 is 0 Å². The van der Waals surface area contributed by atoms with E-state index in [1.54, 1.807) is 13.8 Å². The molecule has 10 nitrogen and oxygen atoms in total. The van der Waals surface area contributed by atoms with Crippen molar-refractivity contribution in [2.45, 2.75) is 52.7 Å². The summed E-state index contributed by atoms with van der Waals surface area (Å²) in [6.07, 6.45) is 0.119. The maximum atomic E-state index is 12.0. The average molecular weight is 552 g/mol. The fourth-order valence-corrected chi connectivity index (χ4v) is 4.47. The number of rotatable bonds is 12. The number of oxazole rings is 1. The first kappa shape index (κ1) is 28.9. The highest BCUT2D eigenvalue weighted by molar-refractivity contribution is 5.68. The van der Waals surface area contributed by atoms with Gasteiger partial charge < -0.3 is 34.0 Å². The topological polar surface area (TPSA) is 123 Å². The second-order valence-corrected chi connectivity index (χ2v) is 9.90. The molecule has 1 fully saturated rings. The molecule has 3 aromatic rings. The fourth-order valence-electron chi connectivity index (χ4n) is 4.47. The summed E-state index contributed by atoms with van der Waals surface area (Å²) in [7, 11) is 0. The van der Waals surface area contributed by atoms with Crippen LogP contribution in [0.3, 0.4) is 0 Å². The average Bonchev–Trinajstić information content (AvgIpc) is 3.31. The van der Waals surface area contributed by atoms with Gasteiger partial charge in [-0.2, -0.15) is 0 Å². The largest absolute Gasteiger partial charge is 0.493 e. The molecule has 2 heterocycles. The SMILES string of the molecule is Cc1oc(-c2cccc(N3CCOCC3)c2)nc1CCOc1ccc(CCC(=O)O)c(CNC(=O)OC(C)C)c1. The van der Waals surface area contributed by atoms with Crippen molar-refractivity contribution in [3.8, 4) is 17.2 Å². The van der Waals surface area contributed by atoms with E-state index in [0.717, 1.165) is 60.1 Å². The Morgan fingerprint density at radius 1 is 1.10 bits per heavy atom. The molecule has 1 aromatic heterocycles. The summed E-state index contributed by atoms with van der Waals surface area (Å²) in [4.78, 5) is 30.1. The number of carboxylic acid groups (broad SMARTS) is 1. The monoisotopic (exact) mass is 551 g/mol. The molecule has 0 atom stereocenters. The molecule has 2 N–H and O–H groups in total. The van der Waals surface area contributed by atoms with E-state index < -0.39 is 12.1 Å². The molecule has 1 amide bonds. The Morgan fingerprint density at radius 2 is 1.90 bits per heavy atom. The molecule has 1 saturated heterocycles. The van der Waals surface area contributed by atoms with Gasteiger partial charge in [0.1, 0.15) is 11.5 Å². The third-order valence-corrected chi connectivity index (χ3v) is 6.52. The minimum atomic E-state index is -0.881. The number of alkyl carbamates (subject to hydrolysis) is 1. The number of nitrogens with zero attached hydrogens (tertiary/aromatic N) is 2. The Labute approximate surface area is 234 Å². The van der Waals surface area contributed by atoms with Crippen molar-refractivity contribution < 1.29 is 33.3 Å². The Morgan fingerprint density at radius 3 is 2.65 bits per heavy atom. The van der Waals surface area contributed by atoms with Crippen LogP contribution in [0.1, 0.15) is 42.8 Å². The molecule has 0 aliphatic carbocycles. The van der Waals surface area contributed by atoms with Gasteiger partial charge in [0.2, 0.25) is 5.89 Å². The third kappa shape index (κ3) is 8.22. The van der Waals surface area contributed by atoms with E-state index in [1.807, 2.05) is 37.3 Å². The Balaban J connectivity index is 1.39. The second-order valence-electron chi connectivity index (χ2n) is 9.90. The zero-order valence-corrected chi connectivity index (χ0v) is 23.3. The van der Waals surface area contributed by atoms with Crippen LogP contribution in [-0.4, -0.2) is 61.2 Å². The van der Waals surface area contributed by atoms with Crippen molar-refractivity contribution in [2.24, 2.45) is 0 Å². The van der Waals surface area contributed by atoms with Gasteiger partial charge in [-0.1, -0.05) is 12.1 Å². The number of carboxylic acids is 1. The van der Waals surface area contributed by atoms with Crippen molar-refractivity contribution in [1.29, 1.82) is 0 Å². The number of morpholine rings is 1. The number of hydrogen-bond donors (Lipinski definition) is 2. The summed E-state index contributed by atoms with van der Waals surface area (Å²) < 4.78 is 22.6. The van der Waals surface area contributed by atoms with Gasteiger partial charge in [0.25, 0.3) is 0 Å². The number of carbonyl (C=O) groups excluding carboxylic acids is 1. The number of hydrogen-bond acceptors (Lipinski definition) is 8. The maximum Gasteiger partial charge on any atom is 0.407 e. The van der Waals surface area contributed by atoms with E-state index in [-0.39, 0.29) is 19.1 Å². The minimum absolute atomic E-state index is 0.00717. The molecule has 2 aromatic carbocycles. The smallest absolute Gasteiger partial charge is 0.407 e. The summed E-state index contributed by atoms with van der Waals surface area (Å²) in [5.74, 6) is 1.06. The van der Waals surface area contributed by atoms with Gasteiger partial charge in [0.05, 0.1) is 31.6 Å². The van der Waals surface area contributed by atoms with Crippen molar-refractivity contribution in [2.75, 3.05) is 37.8 Å². The highest BCUT2D eigenvalue weighted by Crippen LogP contribution is 2.27. The predicted molar refractivity (Wildman–Crippen MR) is 150 cm³/mol. The quantitative estimate of drug-likeness (QED) is 0.328. The summed E-state index contributed by atoms with van der Waals surface area (Å²) in [5, 5.41) is 11.8. The van der Waals surface area contributed by atoms with Crippen LogP contribution in [0.5, 0.6) is 5.75 Å². The van der Waals surface area contributed by atoms with Crippen LogP contribution < -0.4 is 15.0 Å². The van der Waals surface area contributed by atoms with Crippen LogP contribution in [-0.2, 0) is 33.7 Å². The van der Waals surface area contributed by atoms with E-state index in [1.165, 1.54) is 0 Å². The molecular weight excluding hydrogens is 514 g/mol. The summed E-state index contributed by atoms with van der Waals surface area (Å²) in [6.45, 7) is 9.18. The van der Waals surface area contributed by atoms with E-state index in [2.05, 4.69) is 22.3 Å². The zero-order valence-electron chi connectivity index (χ0n) is 23.3. The molecule has 0 unspecified atom stereocenters. The summed E-state index contributed by atoms with van der Waals surface area (Å²) in [5.41, 5.74) is 4.47. The summed E-state index contributed by atoms with van der Waals surface area (Å²) in [6, 6.07) is 13.7. The van der Waals surface area contributed by atoms with Crippen LogP contribution >= 0.6 is 0 Å². The van der Waals surface area contributed by atoms with E-state index in [4.69, 9.17) is 28.7 Å². The molecule has 10 heteroatoms. The highest BCUT2D eigenvalue weighted by atomic mass is 16.6. The molecule has 0 radical (unpaired) electrons. The van der Waals surface area contributed by atoms with Crippen molar-refractivity contribution in [1.82, 2.24) is 10.3 Å². The molecule has 40 heavy (non-hydrogen) atoms. The third-order valence-electron chi connectivity index (χ3n) is 6.52. The van der Waals surface area contributed by atoms with Gasteiger partial charge in [-0.3, -0.25) is 4.79 Å². The van der Waals surface area contributed by atoms with Crippen LogP contribution in [0.4, 0.5) is 10.5 Å². The van der Waals surface area contributed by atoms with Crippen LogP contribution in [0.15, 0.2) is 46.9 Å². The number of amides is 1. The van der Waals surface area contributed by atoms with E-state index in [0.29, 0.717) is 31.1 Å². The minimum Gasteiger partial charge on any atom is -0.493 e. The van der Waals surface area contributed by atoms with Gasteiger partial charge in [-0.15, -0.1) is 0 Å². The molecule has 214 valence electrons. The molecule has 0 saturated carbocycles. The van der Waals surface area contributed by atoms with Crippen molar-refractivity contribution in [3.63, 3.8) is 0 Å². The lowest BCUT2D eigenvalue weighted by Gasteiger charge is -2.29. The number of aromatic nitrogens is 1. The second kappa shape index (κ2) is 13.8. The standard InChI is InChI=1S/C30H37N3O7/c1-20(2)39-30(36)31-19-24-18-26(9-7-22(24)8-10-28(34)35)38-14-11-27-21(3)40-29(32-27)23-5-4-6-25(17-23)33-12-15-37-16-13-33/h4-7,9,17-18,20H,8,10-16,19H2,1-3H3,(H,31,36)(H,34,35). The lowest BCUT2D eigenvalue weighted by molar-refractivity contribution is -0.136. The molecule has 1 aliphatic rings. The number of carbonyl (C=O) groups is 2. The Kier molecular flexibility index (Phi) is 10.0. The molecular formula is C30H37N3O7. The fraction of sp³-hybridized carbons (Fsp3) is 0.433. The predicted octanol–water partition coefficient (Wildman–Crippen LogP) is 4.76. The number of nitrogens with one attached hydrogen (secondary N) is 1.